The standard InChI is InChI=1S/C21H16IN3S/c1-13-7-10-20(26-13)17-12-25(21(22)23-17)14-8-9-19-16(11-14)15-5-3-4-6-18(15)24(19)2/h3-12H,1-2H3. The van der Waals surface area contributed by atoms with Crippen molar-refractivity contribution in [3.63, 3.8) is 0 Å². The van der Waals surface area contributed by atoms with E-state index >= 15 is 0 Å². The van der Waals surface area contributed by atoms with Crippen LogP contribution in [0.2, 0.25) is 0 Å². The Labute approximate surface area is 169 Å². The maximum Gasteiger partial charge on any atom is 0.176 e. The van der Waals surface area contributed by atoms with Crippen molar-refractivity contribution >= 4 is 55.7 Å². The van der Waals surface area contributed by atoms with Crippen molar-refractivity contribution < 1.29 is 0 Å². The number of hydrogen-bond donors (Lipinski definition) is 0. The Balaban J connectivity index is 1.70. The monoisotopic (exact) mass is 469 g/mol. The van der Waals surface area contributed by atoms with Crippen molar-refractivity contribution in [1.29, 1.82) is 0 Å². The number of halogens is 1. The molecule has 5 rings (SSSR count). The molecule has 0 bridgehead atoms. The maximum atomic E-state index is 4.77. The first-order chi connectivity index (χ1) is 12.6. The van der Waals surface area contributed by atoms with Gasteiger partial charge in [0.25, 0.3) is 0 Å². The van der Waals surface area contributed by atoms with Crippen LogP contribution in [0.1, 0.15) is 4.88 Å². The number of rotatable bonds is 2. The second kappa shape index (κ2) is 5.96. The number of hydrogen-bond acceptors (Lipinski definition) is 2. The van der Waals surface area contributed by atoms with Gasteiger partial charge < -0.3 is 4.57 Å². The molecule has 128 valence electrons. The van der Waals surface area contributed by atoms with E-state index in [1.807, 2.05) is 0 Å². The van der Waals surface area contributed by atoms with Gasteiger partial charge in [-0.2, -0.15) is 0 Å². The topological polar surface area (TPSA) is 22.8 Å². The van der Waals surface area contributed by atoms with Gasteiger partial charge in [-0.25, -0.2) is 4.98 Å². The van der Waals surface area contributed by atoms with Gasteiger partial charge >= 0.3 is 0 Å². The van der Waals surface area contributed by atoms with Gasteiger partial charge in [0.05, 0.1) is 10.6 Å². The summed E-state index contributed by atoms with van der Waals surface area (Å²) in [5.41, 5.74) is 4.68. The van der Waals surface area contributed by atoms with Crippen LogP contribution in [0.5, 0.6) is 0 Å². The van der Waals surface area contributed by atoms with E-state index in [0.717, 1.165) is 15.2 Å². The summed E-state index contributed by atoms with van der Waals surface area (Å²) in [7, 11) is 2.13. The van der Waals surface area contributed by atoms with E-state index < -0.39 is 0 Å². The van der Waals surface area contributed by atoms with Gasteiger partial charge in [0, 0.05) is 68.2 Å². The second-order valence-electron chi connectivity index (χ2n) is 6.45. The molecule has 0 aliphatic heterocycles. The normalized spacial score (nSPS) is 11.7. The van der Waals surface area contributed by atoms with Crippen LogP contribution in [-0.2, 0) is 7.05 Å². The molecular weight excluding hydrogens is 453 g/mol. The van der Waals surface area contributed by atoms with Crippen LogP contribution in [0.15, 0.2) is 60.8 Å². The average Bonchev–Trinajstić information content (AvgIpc) is 3.33. The summed E-state index contributed by atoms with van der Waals surface area (Å²) in [6.07, 6.45) is 2.14. The van der Waals surface area contributed by atoms with Gasteiger partial charge in [-0.1, -0.05) is 18.2 Å². The molecule has 3 heterocycles. The summed E-state index contributed by atoms with van der Waals surface area (Å²) >= 11 is 4.10. The predicted molar refractivity (Wildman–Crippen MR) is 118 cm³/mol. The number of thiophene rings is 1. The molecule has 0 unspecified atom stereocenters. The summed E-state index contributed by atoms with van der Waals surface area (Å²) in [6.45, 7) is 2.13. The predicted octanol–water partition coefficient (Wildman–Crippen LogP) is 6.16. The molecular formula is C21H16IN3S. The maximum absolute atomic E-state index is 4.77. The van der Waals surface area contributed by atoms with E-state index in [-0.39, 0.29) is 0 Å². The van der Waals surface area contributed by atoms with Crippen molar-refractivity contribution in [1.82, 2.24) is 14.1 Å². The van der Waals surface area contributed by atoms with Crippen molar-refractivity contribution in [2.45, 2.75) is 6.92 Å². The fourth-order valence-corrected chi connectivity index (χ4v) is 5.04. The molecule has 0 radical (unpaired) electrons. The molecule has 0 atom stereocenters. The first kappa shape index (κ1) is 16.1. The van der Waals surface area contributed by atoms with Crippen LogP contribution < -0.4 is 0 Å². The SMILES string of the molecule is Cc1ccc(-c2cn(-c3ccc4c(c3)c3ccccc3n4C)c(I)n2)s1. The fourth-order valence-electron chi connectivity index (χ4n) is 3.54. The number of nitrogens with zero attached hydrogens (tertiary/aromatic N) is 3. The molecule has 2 aromatic carbocycles. The lowest BCUT2D eigenvalue weighted by atomic mass is 10.1. The minimum atomic E-state index is 0.975. The van der Waals surface area contributed by atoms with Crippen molar-refractivity contribution in [2.75, 3.05) is 0 Å². The van der Waals surface area contributed by atoms with E-state index in [2.05, 4.69) is 106 Å². The Morgan fingerprint density at radius 3 is 2.58 bits per heavy atom. The van der Waals surface area contributed by atoms with Crippen LogP contribution in [0.4, 0.5) is 0 Å². The molecule has 0 spiro atoms. The Morgan fingerprint density at radius 2 is 1.77 bits per heavy atom. The Bertz CT molecular complexity index is 1280. The molecule has 0 fully saturated rings. The Hall–Kier alpha value is -2.12. The zero-order chi connectivity index (χ0) is 17.8. The van der Waals surface area contributed by atoms with Crippen molar-refractivity contribution in [2.24, 2.45) is 7.05 Å². The smallest absolute Gasteiger partial charge is 0.176 e. The molecule has 0 amide bonds. The van der Waals surface area contributed by atoms with Gasteiger partial charge in [-0.15, -0.1) is 11.3 Å². The number of fused-ring (bicyclic) bond motifs is 3. The third-order valence-corrected chi connectivity index (χ3v) is 6.62. The van der Waals surface area contributed by atoms with Crippen LogP contribution in [0, 0.1) is 10.8 Å². The Kier molecular flexibility index (Phi) is 3.68. The van der Waals surface area contributed by atoms with E-state index in [9.17, 15) is 0 Å². The number of para-hydroxylation sites is 1. The molecule has 5 heteroatoms. The summed E-state index contributed by atoms with van der Waals surface area (Å²) in [6, 6.07) is 19.5. The number of aryl methyl sites for hydroxylation is 2. The van der Waals surface area contributed by atoms with Gasteiger partial charge in [0.1, 0.15) is 0 Å². The molecule has 0 aliphatic rings. The highest BCUT2D eigenvalue weighted by Crippen LogP contribution is 2.32. The molecule has 0 saturated heterocycles. The summed E-state index contributed by atoms with van der Waals surface area (Å²) in [4.78, 5) is 7.29. The fraction of sp³-hybridized carbons (Fsp3) is 0.0952. The minimum Gasteiger partial charge on any atom is -0.344 e. The van der Waals surface area contributed by atoms with Gasteiger partial charge in [0.15, 0.2) is 3.83 Å². The van der Waals surface area contributed by atoms with E-state index in [0.29, 0.717) is 0 Å². The van der Waals surface area contributed by atoms with E-state index in [1.165, 1.54) is 31.6 Å². The van der Waals surface area contributed by atoms with Crippen molar-refractivity contribution in [3.05, 3.63) is 69.5 Å². The molecule has 0 saturated carbocycles. The highest BCUT2D eigenvalue weighted by molar-refractivity contribution is 14.1. The van der Waals surface area contributed by atoms with E-state index in [1.54, 1.807) is 11.3 Å². The summed E-state index contributed by atoms with van der Waals surface area (Å²) in [5, 5.41) is 2.56. The van der Waals surface area contributed by atoms with Crippen LogP contribution in [-0.4, -0.2) is 14.1 Å². The Morgan fingerprint density at radius 1 is 0.962 bits per heavy atom. The average molecular weight is 469 g/mol. The highest BCUT2D eigenvalue weighted by atomic mass is 127. The van der Waals surface area contributed by atoms with Gasteiger partial charge in [0.2, 0.25) is 0 Å². The van der Waals surface area contributed by atoms with Gasteiger partial charge in [-0.3, -0.25) is 4.57 Å². The number of aromatic nitrogens is 3. The number of imidazole rings is 1. The zero-order valence-electron chi connectivity index (χ0n) is 14.4. The second-order valence-corrected chi connectivity index (χ2v) is 8.71. The number of benzene rings is 2. The highest BCUT2D eigenvalue weighted by Gasteiger charge is 2.13. The largest absolute Gasteiger partial charge is 0.344 e. The molecule has 0 aliphatic carbocycles. The third-order valence-electron chi connectivity index (χ3n) is 4.83. The lowest BCUT2D eigenvalue weighted by Crippen LogP contribution is -1.95. The molecule has 5 aromatic rings. The van der Waals surface area contributed by atoms with Crippen LogP contribution in [0.3, 0.4) is 0 Å². The van der Waals surface area contributed by atoms with Gasteiger partial charge in [-0.05, 0) is 43.3 Å². The summed E-state index contributed by atoms with van der Waals surface area (Å²) < 4.78 is 5.41. The lowest BCUT2D eigenvalue weighted by molar-refractivity contribution is 1.00. The van der Waals surface area contributed by atoms with E-state index in [4.69, 9.17) is 4.98 Å². The quantitative estimate of drug-likeness (QED) is 0.284. The first-order valence-corrected chi connectivity index (χ1v) is 10.3. The van der Waals surface area contributed by atoms with Crippen molar-refractivity contribution in [3.8, 4) is 16.3 Å². The van der Waals surface area contributed by atoms with Crippen LogP contribution in [0.25, 0.3) is 38.1 Å². The lowest BCUT2D eigenvalue weighted by Gasteiger charge is -2.05. The molecule has 26 heavy (non-hydrogen) atoms. The molecule has 3 nitrogen and oxygen atoms in total. The summed E-state index contributed by atoms with van der Waals surface area (Å²) in [5.74, 6) is 0. The third kappa shape index (κ3) is 2.41. The molecule has 3 aromatic heterocycles. The van der Waals surface area contributed by atoms with Crippen LogP contribution >= 0.6 is 33.9 Å². The zero-order valence-corrected chi connectivity index (χ0v) is 17.4. The first-order valence-electron chi connectivity index (χ1n) is 8.41. The minimum absolute atomic E-state index is 0.975. The molecule has 0 N–H and O–H groups in total.